The van der Waals surface area contributed by atoms with Crippen LogP contribution in [-0.4, -0.2) is 35.9 Å². The average molecular weight is 503 g/mol. The van der Waals surface area contributed by atoms with Crippen LogP contribution in [0.3, 0.4) is 0 Å². The smallest absolute Gasteiger partial charge is 0.261 e. The molecule has 0 saturated carbocycles. The zero-order valence-electron chi connectivity index (χ0n) is 19.6. The molecule has 2 aromatic carbocycles. The van der Waals surface area contributed by atoms with Crippen molar-refractivity contribution in [1.29, 1.82) is 0 Å². The molecule has 0 heterocycles. The Bertz CT molecular complexity index is 871. The molecule has 2 amide bonds. The molecule has 0 radical (unpaired) electrons. The molecular weight excluding hydrogens is 468 g/mol. The van der Waals surface area contributed by atoms with Gasteiger partial charge in [0, 0.05) is 13.1 Å². The van der Waals surface area contributed by atoms with Gasteiger partial charge in [-0.15, -0.1) is 0 Å². The normalized spacial score (nSPS) is 11.8. The van der Waals surface area contributed by atoms with Crippen molar-refractivity contribution in [3.63, 3.8) is 0 Å². The lowest BCUT2D eigenvalue weighted by molar-refractivity contribution is -0.143. The molecular formula is C26H35BrN2O3. The molecule has 0 spiro atoms. The average Bonchev–Trinajstić information content (AvgIpc) is 2.78. The Balaban J connectivity index is 2.16. The number of rotatable bonds is 12. The van der Waals surface area contributed by atoms with Crippen LogP contribution in [0.15, 0.2) is 53.0 Å². The maximum absolute atomic E-state index is 13.2. The number of carbonyl (C=O) groups excluding carboxylic acids is 2. The van der Waals surface area contributed by atoms with Crippen LogP contribution in [0.5, 0.6) is 5.75 Å². The first-order valence-electron chi connectivity index (χ1n) is 11.4. The fraction of sp³-hybridized carbons (Fsp3) is 0.462. The standard InChI is InChI=1S/C26H35BrN2O3/c1-5-7-15-28-26(31)23(6-2)29(17-20-11-9-8-10-12-20)25(30)18-32-24-14-13-21(19(3)4)16-22(24)27/h8-14,16,19,23H,5-7,15,17-18H2,1-4H3,(H,28,31)/t23-/m1/s1. The van der Waals surface area contributed by atoms with Crippen molar-refractivity contribution in [2.24, 2.45) is 0 Å². The molecule has 2 rings (SSSR count). The van der Waals surface area contributed by atoms with E-state index in [2.05, 4.69) is 42.0 Å². The molecule has 0 saturated heterocycles. The van der Waals surface area contributed by atoms with E-state index in [4.69, 9.17) is 4.74 Å². The molecule has 0 aliphatic heterocycles. The van der Waals surface area contributed by atoms with Crippen molar-refractivity contribution in [1.82, 2.24) is 10.2 Å². The van der Waals surface area contributed by atoms with E-state index in [0.29, 0.717) is 31.2 Å². The molecule has 0 aliphatic rings. The van der Waals surface area contributed by atoms with Gasteiger partial charge in [-0.2, -0.15) is 0 Å². The van der Waals surface area contributed by atoms with Crippen LogP contribution in [0.1, 0.15) is 64.0 Å². The fourth-order valence-corrected chi connectivity index (χ4v) is 3.93. The van der Waals surface area contributed by atoms with Gasteiger partial charge in [0.25, 0.3) is 5.91 Å². The molecule has 0 aromatic heterocycles. The maximum Gasteiger partial charge on any atom is 0.261 e. The number of halogens is 1. The highest BCUT2D eigenvalue weighted by atomic mass is 79.9. The molecule has 0 bridgehead atoms. The van der Waals surface area contributed by atoms with E-state index >= 15 is 0 Å². The van der Waals surface area contributed by atoms with Crippen molar-refractivity contribution in [2.45, 2.75) is 65.5 Å². The first kappa shape index (κ1) is 25.9. The SMILES string of the molecule is CCCCNC(=O)[C@@H](CC)N(Cc1ccccc1)C(=O)COc1ccc(C(C)C)cc1Br. The summed E-state index contributed by atoms with van der Waals surface area (Å²) in [6.45, 7) is 9.11. The zero-order chi connectivity index (χ0) is 23.5. The molecule has 0 unspecified atom stereocenters. The van der Waals surface area contributed by atoms with Crippen LogP contribution < -0.4 is 10.1 Å². The Morgan fingerprint density at radius 3 is 2.41 bits per heavy atom. The first-order valence-corrected chi connectivity index (χ1v) is 12.2. The van der Waals surface area contributed by atoms with Gasteiger partial charge in [-0.1, -0.05) is 70.5 Å². The number of benzene rings is 2. The highest BCUT2D eigenvalue weighted by molar-refractivity contribution is 9.10. The maximum atomic E-state index is 13.2. The lowest BCUT2D eigenvalue weighted by Crippen LogP contribution is -2.50. The minimum atomic E-state index is -0.546. The fourth-order valence-electron chi connectivity index (χ4n) is 3.42. The van der Waals surface area contributed by atoms with Crippen molar-refractivity contribution in [2.75, 3.05) is 13.2 Å². The van der Waals surface area contributed by atoms with Crippen molar-refractivity contribution >= 4 is 27.7 Å². The third kappa shape index (κ3) is 7.66. The predicted octanol–water partition coefficient (Wildman–Crippen LogP) is 5.68. The van der Waals surface area contributed by atoms with Crippen LogP contribution in [0.4, 0.5) is 0 Å². The quantitative estimate of drug-likeness (QED) is 0.380. The Hall–Kier alpha value is -2.34. The van der Waals surface area contributed by atoms with Gasteiger partial charge in [0.2, 0.25) is 5.91 Å². The lowest BCUT2D eigenvalue weighted by Gasteiger charge is -2.30. The van der Waals surface area contributed by atoms with Gasteiger partial charge in [-0.25, -0.2) is 0 Å². The number of hydrogen-bond acceptors (Lipinski definition) is 3. The van der Waals surface area contributed by atoms with E-state index < -0.39 is 6.04 Å². The van der Waals surface area contributed by atoms with E-state index in [1.165, 1.54) is 5.56 Å². The molecule has 5 nitrogen and oxygen atoms in total. The summed E-state index contributed by atoms with van der Waals surface area (Å²) < 4.78 is 6.67. The highest BCUT2D eigenvalue weighted by Gasteiger charge is 2.28. The zero-order valence-corrected chi connectivity index (χ0v) is 21.2. The second-order valence-corrected chi connectivity index (χ2v) is 9.06. The molecule has 174 valence electrons. The molecule has 0 aliphatic carbocycles. The Morgan fingerprint density at radius 2 is 1.81 bits per heavy atom. The number of nitrogens with one attached hydrogen (secondary N) is 1. The summed E-state index contributed by atoms with van der Waals surface area (Å²) in [7, 11) is 0. The molecule has 32 heavy (non-hydrogen) atoms. The number of ether oxygens (including phenoxy) is 1. The second kappa shape index (κ2) is 13.3. The predicted molar refractivity (Wildman–Crippen MR) is 133 cm³/mol. The summed E-state index contributed by atoms with van der Waals surface area (Å²) in [5.41, 5.74) is 2.17. The van der Waals surface area contributed by atoms with Gasteiger partial charge < -0.3 is 15.0 Å². The number of amides is 2. The van der Waals surface area contributed by atoms with E-state index in [0.717, 1.165) is 22.9 Å². The van der Waals surface area contributed by atoms with E-state index in [1.54, 1.807) is 4.90 Å². The van der Waals surface area contributed by atoms with E-state index in [1.807, 2.05) is 55.5 Å². The summed E-state index contributed by atoms with van der Waals surface area (Å²) in [6, 6.07) is 15.1. The number of hydrogen-bond donors (Lipinski definition) is 1. The van der Waals surface area contributed by atoms with Crippen molar-refractivity contribution < 1.29 is 14.3 Å². The molecule has 1 N–H and O–H groups in total. The third-order valence-electron chi connectivity index (χ3n) is 5.38. The lowest BCUT2D eigenvalue weighted by atomic mass is 10.0. The second-order valence-electron chi connectivity index (χ2n) is 8.21. The Labute approximate surface area is 200 Å². The number of nitrogens with zero attached hydrogens (tertiary/aromatic N) is 1. The summed E-state index contributed by atoms with van der Waals surface area (Å²) in [5.74, 6) is 0.682. The van der Waals surface area contributed by atoms with Gasteiger partial charge in [0.05, 0.1) is 4.47 Å². The molecule has 1 atom stereocenters. The van der Waals surface area contributed by atoms with Crippen LogP contribution >= 0.6 is 15.9 Å². The van der Waals surface area contributed by atoms with Crippen molar-refractivity contribution in [3.8, 4) is 5.75 Å². The van der Waals surface area contributed by atoms with Gasteiger partial charge in [-0.3, -0.25) is 9.59 Å². The number of carbonyl (C=O) groups is 2. The summed E-state index contributed by atoms with van der Waals surface area (Å²) in [6.07, 6.45) is 2.45. The topological polar surface area (TPSA) is 58.6 Å². The van der Waals surface area contributed by atoms with Crippen LogP contribution in [0, 0.1) is 0 Å². The van der Waals surface area contributed by atoms with Crippen LogP contribution in [0.25, 0.3) is 0 Å². The molecule has 6 heteroatoms. The highest BCUT2D eigenvalue weighted by Crippen LogP contribution is 2.29. The first-order chi connectivity index (χ1) is 15.4. The monoisotopic (exact) mass is 502 g/mol. The molecule has 2 aromatic rings. The van der Waals surface area contributed by atoms with Gasteiger partial charge in [0.1, 0.15) is 11.8 Å². The van der Waals surface area contributed by atoms with E-state index in [-0.39, 0.29) is 18.4 Å². The van der Waals surface area contributed by atoms with Gasteiger partial charge >= 0.3 is 0 Å². The minimum absolute atomic E-state index is 0.118. The largest absolute Gasteiger partial charge is 0.483 e. The Kier molecular flexibility index (Phi) is 10.7. The summed E-state index contributed by atoms with van der Waals surface area (Å²) in [5, 5.41) is 2.97. The number of unbranched alkanes of at least 4 members (excludes halogenated alkanes) is 1. The van der Waals surface area contributed by atoms with E-state index in [9.17, 15) is 9.59 Å². The van der Waals surface area contributed by atoms with Gasteiger partial charge in [-0.05, 0) is 57.9 Å². The van der Waals surface area contributed by atoms with Gasteiger partial charge in [0.15, 0.2) is 6.61 Å². The van der Waals surface area contributed by atoms with Crippen LogP contribution in [0.2, 0.25) is 0 Å². The molecule has 0 fully saturated rings. The van der Waals surface area contributed by atoms with Crippen LogP contribution in [-0.2, 0) is 16.1 Å². The Morgan fingerprint density at radius 1 is 1.09 bits per heavy atom. The summed E-state index contributed by atoms with van der Waals surface area (Å²) in [4.78, 5) is 27.7. The summed E-state index contributed by atoms with van der Waals surface area (Å²) >= 11 is 3.54. The minimum Gasteiger partial charge on any atom is -0.483 e. The third-order valence-corrected chi connectivity index (χ3v) is 6.00. The van der Waals surface area contributed by atoms with Crippen molar-refractivity contribution in [3.05, 3.63) is 64.1 Å².